The quantitative estimate of drug-likeness (QED) is 0.0397. The number of nitrogens with one attached hydrogen (secondary N) is 1. The van der Waals surface area contributed by atoms with Gasteiger partial charge in [0.2, 0.25) is 41.5 Å². The van der Waals surface area contributed by atoms with Crippen LogP contribution in [0.5, 0.6) is 0 Å². The van der Waals surface area contributed by atoms with Gasteiger partial charge in [-0.15, -0.1) is 0 Å². The monoisotopic (exact) mass is 1820 g/mol. The summed E-state index contributed by atoms with van der Waals surface area (Å²) in [4.78, 5) is 82.0. The van der Waals surface area contributed by atoms with E-state index in [1.165, 1.54) is 11.2 Å². The van der Waals surface area contributed by atoms with Crippen LogP contribution in [0.2, 0.25) is 0 Å². The van der Waals surface area contributed by atoms with E-state index < -0.39 is 20.9 Å². The Bertz CT molecular complexity index is 6240. The van der Waals surface area contributed by atoms with Crippen LogP contribution in [0.15, 0.2) is 171 Å². The predicted octanol–water partition coefficient (Wildman–Crippen LogP) is 14.6. The van der Waals surface area contributed by atoms with E-state index in [0.29, 0.717) is 104 Å². The van der Waals surface area contributed by atoms with Crippen molar-refractivity contribution in [2.45, 2.75) is 198 Å². The first kappa shape index (κ1) is 94.3. The lowest BCUT2D eigenvalue weighted by Gasteiger charge is -2.33. The number of aromatic nitrogens is 18. The number of likely N-dealkylation sites (tertiary alicyclic amines) is 1. The van der Waals surface area contributed by atoms with Gasteiger partial charge in [0.25, 0.3) is 5.89 Å². The second-order valence-corrected chi connectivity index (χ2v) is 40.3. The van der Waals surface area contributed by atoms with Gasteiger partial charge in [-0.2, -0.15) is 25.0 Å². The highest BCUT2D eigenvalue weighted by Gasteiger charge is 2.50. The molecule has 2 saturated carbocycles. The Kier molecular flexibility index (Phi) is 27.8. The average molecular weight is 1830 g/mol. The predicted molar refractivity (Wildman–Crippen MR) is 505 cm³/mol. The summed E-state index contributed by atoms with van der Waals surface area (Å²) in [6, 6.07) is 33.9. The van der Waals surface area contributed by atoms with Crippen LogP contribution in [0, 0.1) is 30.6 Å². The van der Waals surface area contributed by atoms with Gasteiger partial charge in [-0.25, -0.2) is 53.1 Å². The van der Waals surface area contributed by atoms with Crippen molar-refractivity contribution in [3.8, 4) is 56.0 Å². The number of piperidine rings is 3. The highest BCUT2D eigenvalue weighted by atomic mass is 32.2. The Morgan fingerprint density at radius 2 is 0.925 bits per heavy atom. The number of nitrogens with zero attached hydrogens (tertiary/aromatic N) is 21. The molecule has 3 saturated heterocycles. The smallest absolute Gasteiger partial charge is 0.410 e. The fraction of sp³-hybridized carbons (Fsp3) is 0.454. The minimum atomic E-state index is -3.02. The van der Waals surface area contributed by atoms with Gasteiger partial charge in [-0.1, -0.05) is 145 Å². The van der Waals surface area contributed by atoms with E-state index >= 15 is 0 Å². The molecule has 5 fully saturated rings. The fourth-order valence-electron chi connectivity index (χ4n) is 17.5. The maximum atomic E-state index is 12.6. The Morgan fingerprint density at radius 1 is 0.489 bits per heavy atom. The number of carbonyl (C=O) groups excluding carboxylic acids is 2. The number of carbonyl (C=O) groups is 2. The van der Waals surface area contributed by atoms with Crippen molar-refractivity contribution in [1.82, 2.24) is 105 Å². The number of anilines is 5. The van der Waals surface area contributed by atoms with Gasteiger partial charge in [-0.05, 0) is 201 Å². The SMILES string of the molecule is CC(C)C(C)(c1ccc(-c2cnc(N)nc2)cc1)c1noc(C2CCCN(C(=O)OC(C)(C)C)C2)n1.CC(C)C(C)(c1ccc(-c2cnc(N)nc2)cc1)c1noc(C2CCNCC2)n1.CC(c1ccc(-c2cnc(N)nc2)cc1)(c1noc(N2CCC(S(C)(=O)=O)CC2)n1)C1CC1.Cc1nc(N)ncc1-c1ccc([C@@](C)(c2noc(-c3cnn(CC(=O)N(C)C)c3)n2)C2CC2)cc1. The standard InChI is InChI=1S/C27H36N6O3.C25H28N8O2.C23H28N6O3S.C22H28N6O/c1-17(2)27(6,21-11-9-18(10-12-21)20-14-29-24(28)30-15-20)23-31-22(36-32-23)19-8-7-13-33(16-19)25(34)35-26(3,4)5;1-15-20(12-27-24(26)29-15)16-5-7-18(8-6-16)25(2,19-9-10-19)23-30-22(35-31-23)17-11-28-33(13-17)14-21(34)32(3)4;1-23(18-7-8-18,17-5-3-15(4-6-17)16-13-25-21(24)26-14-16)20-27-22(32-28-20)29-11-9-19(10-12-29)33(2,30)31;1-14(2)22(3,20-27-19(29-28-20)16-8-10-24-11-9-16)18-6-4-15(5-7-18)17-12-25-21(23)26-13-17/h9-12,14-15,17,19H,7-8,13,16H2,1-6H3,(H2,28,29,30);5-8,11-13,19H,9-10,14H2,1-4H3,(H2,26,27,29);3-6,13-14,18-19H,7-12H2,1-2H3,(H2,24,25,26);4-7,12-14,16,24H,8-11H2,1-3H3,(H2,23,25,26)/t;25-;;/m.1../s1. The molecule has 5 atom stereocenters. The van der Waals surface area contributed by atoms with Gasteiger partial charge in [0.1, 0.15) is 22.0 Å². The first-order valence-electron chi connectivity index (χ1n) is 45.4. The Labute approximate surface area is 774 Å². The molecule has 35 nitrogen and oxygen atoms in total. The maximum absolute atomic E-state index is 12.6. The number of ether oxygens (including phenoxy) is 1. The lowest BCUT2D eigenvalue weighted by Crippen LogP contribution is -2.42. The molecule has 133 heavy (non-hydrogen) atoms. The molecule has 2 amide bonds. The van der Waals surface area contributed by atoms with Crippen LogP contribution in [0.4, 0.5) is 34.6 Å². The van der Waals surface area contributed by atoms with Gasteiger partial charge < -0.3 is 65.8 Å². The topological polar surface area (TPSA) is 480 Å². The summed E-state index contributed by atoms with van der Waals surface area (Å²) in [5, 5.41) is 24.9. The Hall–Kier alpha value is -13.4. The van der Waals surface area contributed by atoms with E-state index in [0.717, 1.165) is 149 Å². The van der Waals surface area contributed by atoms with Crippen LogP contribution in [0.25, 0.3) is 56.0 Å². The molecular formula is C97H120N26O9S. The molecule has 4 aromatic carbocycles. The van der Waals surface area contributed by atoms with Gasteiger partial charge >= 0.3 is 12.1 Å². The third-order valence-corrected chi connectivity index (χ3v) is 28.7. The number of hydrogen-bond donors (Lipinski definition) is 5. The Balaban J connectivity index is 0.000000136. The van der Waals surface area contributed by atoms with E-state index in [4.69, 9.17) is 65.7 Å². The zero-order chi connectivity index (χ0) is 94.5. The number of aryl methyl sites for hydroxylation is 1. The lowest BCUT2D eigenvalue weighted by atomic mass is 9.72. The molecule has 9 aromatic heterocycles. The molecule has 5 aliphatic rings. The zero-order valence-corrected chi connectivity index (χ0v) is 79.1. The molecule has 13 aromatic rings. The number of rotatable bonds is 23. The van der Waals surface area contributed by atoms with Crippen LogP contribution in [0.1, 0.15) is 215 Å². The minimum Gasteiger partial charge on any atom is -0.444 e. The molecule has 36 heteroatoms. The summed E-state index contributed by atoms with van der Waals surface area (Å²) >= 11 is 0. The number of benzene rings is 4. The normalized spacial score (nSPS) is 17.5. The van der Waals surface area contributed by atoms with Crippen molar-refractivity contribution in [1.29, 1.82) is 0 Å². The summed E-state index contributed by atoms with van der Waals surface area (Å²) in [6.45, 7) is 29.5. The number of likely N-dealkylation sites (N-methyl/N-ethyl adjacent to an activating group) is 1. The summed E-state index contributed by atoms with van der Waals surface area (Å²) in [6.07, 6.45) is 25.9. The lowest BCUT2D eigenvalue weighted by molar-refractivity contribution is -0.129. The van der Waals surface area contributed by atoms with Crippen molar-refractivity contribution in [2.75, 3.05) is 87.5 Å². The molecule has 12 heterocycles. The molecule has 2 aliphatic carbocycles. The highest BCUT2D eigenvalue weighted by molar-refractivity contribution is 7.91. The third kappa shape index (κ3) is 21.2. The second-order valence-electron chi connectivity index (χ2n) is 38.0. The number of hydrogen-bond acceptors (Lipinski definition) is 32. The van der Waals surface area contributed by atoms with Crippen molar-refractivity contribution in [2.24, 2.45) is 23.7 Å². The zero-order valence-electron chi connectivity index (χ0n) is 78.3. The van der Waals surface area contributed by atoms with E-state index in [1.807, 2.05) is 44.7 Å². The average Bonchev–Trinajstić information content (AvgIpc) is 1.62. The molecular weight excluding hydrogens is 1710 g/mol. The summed E-state index contributed by atoms with van der Waals surface area (Å²) in [7, 11) is 0.409. The van der Waals surface area contributed by atoms with E-state index in [1.54, 1.807) is 79.4 Å². The van der Waals surface area contributed by atoms with E-state index in [-0.39, 0.29) is 75.7 Å². The number of sulfone groups is 1. The molecule has 0 bridgehead atoms. The van der Waals surface area contributed by atoms with Gasteiger partial charge in [0.05, 0.1) is 50.3 Å². The van der Waals surface area contributed by atoms with E-state index in [9.17, 15) is 18.0 Å². The van der Waals surface area contributed by atoms with Gasteiger partial charge in [0.15, 0.2) is 23.3 Å². The largest absolute Gasteiger partial charge is 0.444 e. The fourth-order valence-corrected chi connectivity index (χ4v) is 18.6. The van der Waals surface area contributed by atoms with Crippen LogP contribution in [-0.2, 0) is 47.6 Å². The van der Waals surface area contributed by atoms with Crippen LogP contribution in [0.3, 0.4) is 0 Å². The van der Waals surface area contributed by atoms with Crippen molar-refractivity contribution in [3.63, 3.8) is 0 Å². The van der Waals surface area contributed by atoms with Gasteiger partial charge in [-0.3, -0.25) is 9.48 Å². The second kappa shape index (κ2) is 39.2. The molecule has 3 aliphatic heterocycles. The molecule has 9 N–H and O–H groups in total. The van der Waals surface area contributed by atoms with Crippen molar-refractivity contribution >= 4 is 51.6 Å². The molecule has 0 radical (unpaired) electrons. The highest BCUT2D eigenvalue weighted by Crippen LogP contribution is 2.53. The summed E-state index contributed by atoms with van der Waals surface area (Å²) in [5.74, 6) is 7.17. The summed E-state index contributed by atoms with van der Waals surface area (Å²) in [5.41, 5.74) is 34.2. The molecule has 698 valence electrons. The molecule has 18 rings (SSSR count). The van der Waals surface area contributed by atoms with Crippen LogP contribution in [-0.4, -0.2) is 191 Å². The maximum Gasteiger partial charge on any atom is 0.410 e. The van der Waals surface area contributed by atoms with E-state index in [2.05, 4.69) is 211 Å². The first-order valence-corrected chi connectivity index (χ1v) is 47.4. The van der Waals surface area contributed by atoms with Crippen LogP contribution < -0.4 is 33.2 Å². The first-order chi connectivity index (χ1) is 63.4. The summed E-state index contributed by atoms with van der Waals surface area (Å²) < 4.78 is 53.6. The number of nitrogens with two attached hydrogens (primary N) is 4. The van der Waals surface area contributed by atoms with Crippen molar-refractivity contribution in [3.05, 3.63) is 216 Å². The third-order valence-electron chi connectivity index (χ3n) is 27.0. The van der Waals surface area contributed by atoms with Gasteiger partial charge in [0, 0.05) is 124 Å². The van der Waals surface area contributed by atoms with Crippen molar-refractivity contribution < 1.29 is 40.8 Å². The van der Waals surface area contributed by atoms with Crippen LogP contribution >= 0.6 is 0 Å². The Morgan fingerprint density at radius 3 is 1.37 bits per heavy atom. The molecule has 4 unspecified atom stereocenters. The number of nitrogen functional groups attached to an aromatic ring is 4. The minimum absolute atomic E-state index is 0.0168. The molecule has 0 spiro atoms. The number of amides is 2.